The van der Waals surface area contributed by atoms with E-state index in [9.17, 15) is 14.4 Å². The molecule has 2 fully saturated rings. The molecule has 0 bridgehead atoms. The third kappa shape index (κ3) is 2.90. The van der Waals surface area contributed by atoms with Gasteiger partial charge in [-0.05, 0) is 35.9 Å². The average Bonchev–Trinajstić information content (AvgIpc) is 3.27. The summed E-state index contributed by atoms with van der Waals surface area (Å²) in [6, 6.07) is 11.1. The maximum absolute atomic E-state index is 13.9. The molecule has 3 aliphatic rings. The molecule has 0 N–H and O–H groups in total. The molecule has 0 saturated carbocycles. The first-order valence-corrected chi connectivity index (χ1v) is 10.7. The SMILES string of the molecule is C=CCN1C(=O)[C@@H]2C3C=Cc4cc(Cl)ccc4N3C(C(=O)c3cccc(OC)c3)[C@@H]2C1=O. The monoisotopic (exact) mass is 448 g/mol. The lowest BCUT2D eigenvalue weighted by atomic mass is 9.86. The van der Waals surface area contributed by atoms with Gasteiger partial charge in [0.15, 0.2) is 5.78 Å². The lowest BCUT2D eigenvalue weighted by Crippen LogP contribution is -2.48. The quantitative estimate of drug-likeness (QED) is 0.397. The van der Waals surface area contributed by atoms with Crippen molar-refractivity contribution in [3.05, 3.63) is 77.3 Å². The van der Waals surface area contributed by atoms with Crippen LogP contribution in [0.1, 0.15) is 15.9 Å². The van der Waals surface area contributed by atoms with Crippen molar-refractivity contribution in [3.63, 3.8) is 0 Å². The van der Waals surface area contributed by atoms with Crippen LogP contribution < -0.4 is 9.64 Å². The number of fused-ring (bicyclic) bond motifs is 5. The Labute approximate surface area is 190 Å². The molecule has 0 aromatic heterocycles. The summed E-state index contributed by atoms with van der Waals surface area (Å²) in [4.78, 5) is 43.6. The van der Waals surface area contributed by atoms with E-state index in [4.69, 9.17) is 16.3 Å². The number of hydrogen-bond acceptors (Lipinski definition) is 5. The zero-order chi connectivity index (χ0) is 22.6. The van der Waals surface area contributed by atoms with E-state index in [2.05, 4.69) is 6.58 Å². The van der Waals surface area contributed by atoms with Crippen LogP contribution in [0.2, 0.25) is 5.02 Å². The minimum absolute atomic E-state index is 0.132. The van der Waals surface area contributed by atoms with E-state index in [1.807, 2.05) is 29.2 Å². The smallest absolute Gasteiger partial charge is 0.236 e. The lowest BCUT2D eigenvalue weighted by Gasteiger charge is -2.36. The number of hydrogen-bond donors (Lipinski definition) is 0. The minimum atomic E-state index is -0.826. The fourth-order valence-electron chi connectivity index (χ4n) is 5.16. The predicted molar refractivity (Wildman–Crippen MR) is 122 cm³/mol. The molecule has 2 saturated heterocycles. The van der Waals surface area contributed by atoms with Crippen molar-refractivity contribution in [3.8, 4) is 5.75 Å². The number of carbonyl (C=O) groups is 3. The van der Waals surface area contributed by atoms with Gasteiger partial charge in [0, 0.05) is 22.8 Å². The number of amides is 2. The number of nitrogens with zero attached hydrogens (tertiary/aromatic N) is 2. The Morgan fingerprint density at radius 3 is 2.69 bits per heavy atom. The number of halogens is 1. The van der Waals surface area contributed by atoms with Crippen LogP contribution in [0.25, 0.3) is 6.08 Å². The highest BCUT2D eigenvalue weighted by Crippen LogP contribution is 2.49. The van der Waals surface area contributed by atoms with E-state index in [1.165, 1.54) is 18.1 Å². The second kappa shape index (κ2) is 7.64. The largest absolute Gasteiger partial charge is 0.497 e. The maximum Gasteiger partial charge on any atom is 0.236 e. The topological polar surface area (TPSA) is 66.9 Å². The van der Waals surface area contributed by atoms with Crippen LogP contribution in [0.15, 0.2) is 61.2 Å². The summed E-state index contributed by atoms with van der Waals surface area (Å²) in [5.41, 5.74) is 2.06. The number of benzene rings is 2. The Kier molecular flexibility index (Phi) is 4.90. The van der Waals surface area contributed by atoms with E-state index in [-0.39, 0.29) is 24.1 Å². The van der Waals surface area contributed by atoms with Crippen LogP contribution in [0.3, 0.4) is 0 Å². The van der Waals surface area contributed by atoms with E-state index in [0.717, 1.165) is 11.3 Å². The Morgan fingerprint density at radius 1 is 1.16 bits per heavy atom. The Morgan fingerprint density at radius 2 is 1.94 bits per heavy atom. The molecule has 4 atom stereocenters. The molecule has 32 heavy (non-hydrogen) atoms. The van der Waals surface area contributed by atoms with Crippen molar-refractivity contribution in [2.24, 2.45) is 11.8 Å². The summed E-state index contributed by atoms with van der Waals surface area (Å²) >= 11 is 6.19. The van der Waals surface area contributed by atoms with Gasteiger partial charge in [-0.3, -0.25) is 19.3 Å². The number of carbonyl (C=O) groups excluding carboxylic acids is 3. The van der Waals surface area contributed by atoms with E-state index >= 15 is 0 Å². The number of ketones is 1. The molecule has 0 radical (unpaired) electrons. The van der Waals surface area contributed by atoms with Gasteiger partial charge < -0.3 is 9.64 Å². The molecule has 3 heterocycles. The molecule has 0 spiro atoms. The highest BCUT2D eigenvalue weighted by Gasteiger charge is 2.63. The number of methoxy groups -OCH3 is 1. The first-order chi connectivity index (χ1) is 15.5. The molecule has 5 rings (SSSR count). The zero-order valence-electron chi connectivity index (χ0n) is 17.4. The third-order valence-electron chi connectivity index (χ3n) is 6.49. The molecule has 0 aliphatic carbocycles. The van der Waals surface area contributed by atoms with Crippen molar-refractivity contribution >= 4 is 41.0 Å². The first kappa shape index (κ1) is 20.5. The fourth-order valence-corrected chi connectivity index (χ4v) is 5.34. The molecule has 162 valence electrons. The average molecular weight is 449 g/mol. The molecular weight excluding hydrogens is 428 g/mol. The summed E-state index contributed by atoms with van der Waals surface area (Å²) in [5.74, 6) is -1.69. The van der Waals surface area contributed by atoms with Crippen molar-refractivity contribution in [2.75, 3.05) is 18.6 Å². The van der Waals surface area contributed by atoms with Gasteiger partial charge >= 0.3 is 0 Å². The van der Waals surface area contributed by atoms with Crippen LogP contribution in [-0.2, 0) is 9.59 Å². The normalized spacial score (nSPS) is 25.4. The van der Waals surface area contributed by atoms with Gasteiger partial charge in [0.1, 0.15) is 11.8 Å². The molecule has 2 amide bonds. The molecule has 2 unspecified atom stereocenters. The summed E-state index contributed by atoms with van der Waals surface area (Å²) in [7, 11) is 1.53. The van der Waals surface area contributed by atoms with Gasteiger partial charge in [0.2, 0.25) is 11.8 Å². The van der Waals surface area contributed by atoms with Crippen molar-refractivity contribution in [1.82, 2.24) is 4.90 Å². The second-order valence-corrected chi connectivity index (χ2v) is 8.56. The van der Waals surface area contributed by atoms with Crippen LogP contribution in [0.4, 0.5) is 5.69 Å². The van der Waals surface area contributed by atoms with Crippen LogP contribution in [0, 0.1) is 11.8 Å². The zero-order valence-corrected chi connectivity index (χ0v) is 18.2. The van der Waals surface area contributed by atoms with E-state index < -0.39 is 23.9 Å². The van der Waals surface area contributed by atoms with Crippen LogP contribution >= 0.6 is 11.6 Å². The Balaban J connectivity index is 1.66. The van der Waals surface area contributed by atoms with Crippen molar-refractivity contribution < 1.29 is 19.1 Å². The Hall–Kier alpha value is -3.38. The molecule has 3 aliphatic heterocycles. The fraction of sp³-hybridized carbons (Fsp3) is 0.240. The predicted octanol–water partition coefficient (Wildman–Crippen LogP) is 3.60. The maximum atomic E-state index is 13.9. The molecule has 7 heteroatoms. The van der Waals surface area contributed by atoms with Gasteiger partial charge in [-0.2, -0.15) is 0 Å². The molecular formula is C25H21ClN2O4. The third-order valence-corrected chi connectivity index (χ3v) is 6.73. The van der Waals surface area contributed by atoms with Crippen molar-refractivity contribution in [2.45, 2.75) is 12.1 Å². The molecule has 2 aromatic carbocycles. The number of imide groups is 1. The summed E-state index contributed by atoms with van der Waals surface area (Å²) in [6.45, 7) is 3.80. The van der Waals surface area contributed by atoms with Gasteiger partial charge in [0.05, 0.1) is 25.0 Å². The second-order valence-electron chi connectivity index (χ2n) is 8.13. The van der Waals surface area contributed by atoms with Gasteiger partial charge in [-0.1, -0.05) is 42.0 Å². The molecule has 2 aromatic rings. The number of ether oxygens (including phenoxy) is 1. The number of Topliss-reactive ketones (excluding diaryl/α,β-unsaturated/α-hetero) is 1. The van der Waals surface area contributed by atoms with Gasteiger partial charge in [-0.15, -0.1) is 6.58 Å². The Bertz CT molecular complexity index is 1190. The number of rotatable bonds is 5. The van der Waals surface area contributed by atoms with E-state index in [1.54, 1.807) is 30.3 Å². The van der Waals surface area contributed by atoms with E-state index in [0.29, 0.717) is 16.3 Å². The van der Waals surface area contributed by atoms with Gasteiger partial charge in [0.25, 0.3) is 0 Å². The number of anilines is 1. The molecule has 6 nitrogen and oxygen atoms in total. The summed E-state index contributed by atoms with van der Waals surface area (Å²) in [6.07, 6.45) is 5.34. The van der Waals surface area contributed by atoms with Crippen LogP contribution in [0.5, 0.6) is 5.75 Å². The highest BCUT2D eigenvalue weighted by atomic mass is 35.5. The van der Waals surface area contributed by atoms with Crippen molar-refractivity contribution in [1.29, 1.82) is 0 Å². The summed E-state index contributed by atoms with van der Waals surface area (Å²) < 4.78 is 5.29. The standard InChI is InChI=1S/C25H21ClN2O4/c1-3-11-27-24(30)20-19-9-7-14-12-16(26)8-10-18(14)28(19)22(21(20)25(27)31)23(29)15-5-4-6-17(13-15)32-2/h3-10,12-13,19-22H,1,11H2,2H3/t19?,20-,21-,22?/m1/s1. The number of likely N-dealkylation sites (tertiary alicyclic amines) is 1. The van der Waals surface area contributed by atoms with Gasteiger partial charge in [-0.25, -0.2) is 0 Å². The first-order valence-electron chi connectivity index (χ1n) is 10.4. The summed E-state index contributed by atoms with van der Waals surface area (Å²) in [5, 5.41) is 0.575. The minimum Gasteiger partial charge on any atom is -0.497 e. The van der Waals surface area contributed by atoms with Crippen LogP contribution in [-0.4, -0.2) is 48.2 Å². The highest BCUT2D eigenvalue weighted by molar-refractivity contribution is 6.30. The lowest BCUT2D eigenvalue weighted by molar-refractivity contribution is -0.139.